The van der Waals surface area contributed by atoms with Gasteiger partial charge >= 0.3 is 0 Å². The lowest BCUT2D eigenvalue weighted by Crippen LogP contribution is -1.99. The van der Waals surface area contributed by atoms with Crippen LogP contribution in [0.3, 0.4) is 0 Å². The molecular weight excluding hydrogens is 272 g/mol. The molecule has 0 spiro atoms. The molecule has 0 atom stereocenters. The first-order valence-corrected chi connectivity index (χ1v) is 7.02. The molecule has 2 aromatic heterocycles. The summed E-state index contributed by atoms with van der Waals surface area (Å²) in [4.78, 5) is 5.46. The van der Waals surface area contributed by atoms with Gasteiger partial charge in [-0.25, -0.2) is 9.67 Å². The smallest absolute Gasteiger partial charge is 0.181 e. The van der Waals surface area contributed by atoms with E-state index in [0.717, 1.165) is 28.6 Å². The molecule has 3 aromatic rings. The van der Waals surface area contributed by atoms with E-state index in [1.807, 2.05) is 44.4 Å². The van der Waals surface area contributed by atoms with Crippen molar-refractivity contribution in [2.45, 2.75) is 13.5 Å². The van der Waals surface area contributed by atoms with Gasteiger partial charge < -0.3 is 5.32 Å². The summed E-state index contributed by atoms with van der Waals surface area (Å²) in [5.74, 6) is 0.752. The van der Waals surface area contributed by atoms with E-state index in [0.29, 0.717) is 0 Å². The second kappa shape index (κ2) is 5.38. The van der Waals surface area contributed by atoms with Crippen LogP contribution in [0.4, 0.5) is 5.69 Å². The molecule has 0 fully saturated rings. The van der Waals surface area contributed by atoms with Crippen LogP contribution in [0.1, 0.15) is 9.88 Å². The molecule has 0 saturated carbocycles. The predicted octanol–water partition coefficient (Wildman–Crippen LogP) is 2.25. The summed E-state index contributed by atoms with van der Waals surface area (Å²) in [6.07, 6.45) is 1.91. The number of rotatable bonds is 4. The van der Waals surface area contributed by atoms with E-state index in [2.05, 4.69) is 25.8 Å². The fourth-order valence-corrected chi connectivity index (χ4v) is 2.65. The van der Waals surface area contributed by atoms with Crippen LogP contribution >= 0.6 is 11.3 Å². The first kappa shape index (κ1) is 12.7. The number of hydrogen-bond donors (Lipinski definition) is 1. The van der Waals surface area contributed by atoms with Gasteiger partial charge in [0.1, 0.15) is 0 Å². The molecule has 20 heavy (non-hydrogen) atoms. The van der Waals surface area contributed by atoms with Gasteiger partial charge in [0.05, 0.1) is 11.6 Å². The number of anilines is 1. The molecule has 0 radical (unpaired) electrons. The Hall–Kier alpha value is -2.28. The van der Waals surface area contributed by atoms with Gasteiger partial charge in [-0.2, -0.15) is 0 Å². The Kier molecular flexibility index (Phi) is 3.42. The maximum absolute atomic E-state index is 4.25. The van der Waals surface area contributed by atoms with E-state index in [1.54, 1.807) is 16.0 Å². The Morgan fingerprint density at radius 1 is 1.35 bits per heavy atom. The van der Waals surface area contributed by atoms with Gasteiger partial charge in [-0.05, 0) is 29.5 Å². The molecule has 3 rings (SSSR count). The number of nitrogens with zero attached hydrogens (tertiary/aromatic N) is 5. The predicted molar refractivity (Wildman–Crippen MR) is 78.4 cm³/mol. The van der Waals surface area contributed by atoms with Crippen LogP contribution in [-0.4, -0.2) is 25.2 Å². The van der Waals surface area contributed by atoms with Gasteiger partial charge in [-0.15, -0.1) is 16.4 Å². The van der Waals surface area contributed by atoms with E-state index in [9.17, 15) is 0 Å². The van der Waals surface area contributed by atoms with E-state index >= 15 is 0 Å². The molecule has 6 nitrogen and oxygen atoms in total. The van der Waals surface area contributed by atoms with Crippen LogP contribution in [0.2, 0.25) is 0 Å². The normalized spacial score (nSPS) is 10.7. The van der Waals surface area contributed by atoms with Gasteiger partial charge in [-0.3, -0.25) is 0 Å². The molecule has 0 saturated heterocycles. The largest absolute Gasteiger partial charge is 0.380 e. The number of aryl methyl sites for hydroxylation is 2. The Morgan fingerprint density at radius 3 is 2.95 bits per heavy atom. The lowest BCUT2D eigenvalue weighted by molar-refractivity contribution is 0.714. The number of benzene rings is 1. The highest BCUT2D eigenvalue weighted by molar-refractivity contribution is 7.11. The molecule has 0 bridgehead atoms. The summed E-state index contributed by atoms with van der Waals surface area (Å²) in [7, 11) is 1.83. The van der Waals surface area contributed by atoms with Gasteiger partial charge in [-0.1, -0.05) is 12.1 Å². The summed E-state index contributed by atoms with van der Waals surface area (Å²) in [6, 6.07) is 8.05. The third-order valence-electron chi connectivity index (χ3n) is 2.88. The van der Waals surface area contributed by atoms with Crippen molar-refractivity contribution in [1.82, 2.24) is 25.2 Å². The summed E-state index contributed by atoms with van der Waals surface area (Å²) >= 11 is 1.70. The van der Waals surface area contributed by atoms with E-state index < -0.39 is 0 Å². The van der Waals surface area contributed by atoms with E-state index in [4.69, 9.17) is 0 Å². The van der Waals surface area contributed by atoms with Gasteiger partial charge in [0, 0.05) is 29.4 Å². The zero-order valence-corrected chi connectivity index (χ0v) is 12.1. The van der Waals surface area contributed by atoms with Crippen molar-refractivity contribution in [2.75, 3.05) is 5.32 Å². The van der Waals surface area contributed by atoms with Crippen LogP contribution in [0.5, 0.6) is 0 Å². The van der Waals surface area contributed by atoms with Crippen molar-refractivity contribution in [3.63, 3.8) is 0 Å². The highest BCUT2D eigenvalue weighted by Crippen LogP contribution is 2.20. The van der Waals surface area contributed by atoms with Crippen LogP contribution < -0.4 is 5.32 Å². The first-order chi connectivity index (χ1) is 9.72. The SMILES string of the molecule is Cc1ncc(CNc2cccc(-c3nnnn3C)c2)s1. The molecule has 102 valence electrons. The lowest BCUT2D eigenvalue weighted by atomic mass is 10.2. The lowest BCUT2D eigenvalue weighted by Gasteiger charge is -2.06. The van der Waals surface area contributed by atoms with Crippen molar-refractivity contribution < 1.29 is 0 Å². The molecule has 7 heteroatoms. The van der Waals surface area contributed by atoms with E-state index in [-0.39, 0.29) is 0 Å². The summed E-state index contributed by atoms with van der Waals surface area (Å²) < 4.78 is 1.66. The van der Waals surface area contributed by atoms with Crippen LogP contribution in [-0.2, 0) is 13.6 Å². The minimum Gasteiger partial charge on any atom is -0.380 e. The van der Waals surface area contributed by atoms with Crippen molar-refractivity contribution in [2.24, 2.45) is 7.05 Å². The number of aromatic nitrogens is 5. The summed E-state index contributed by atoms with van der Waals surface area (Å²) in [5.41, 5.74) is 2.03. The second-order valence-corrected chi connectivity index (χ2v) is 5.73. The Bertz CT molecular complexity index is 717. The third-order valence-corrected chi connectivity index (χ3v) is 3.79. The number of thiazole rings is 1. The molecule has 1 N–H and O–H groups in total. The quantitative estimate of drug-likeness (QED) is 0.796. The standard InChI is InChI=1S/C13H14N6S/c1-9-14-7-12(20-9)8-15-11-5-3-4-10(6-11)13-16-17-18-19(13)2/h3-7,15H,8H2,1-2H3. The Balaban J connectivity index is 1.76. The highest BCUT2D eigenvalue weighted by atomic mass is 32.1. The second-order valence-electron chi connectivity index (χ2n) is 4.41. The fourth-order valence-electron chi connectivity index (χ4n) is 1.92. The Labute approximate surface area is 120 Å². The van der Waals surface area contributed by atoms with Crippen LogP contribution in [0.15, 0.2) is 30.5 Å². The maximum atomic E-state index is 4.25. The van der Waals surface area contributed by atoms with Gasteiger partial charge in [0.25, 0.3) is 0 Å². The van der Waals surface area contributed by atoms with Crippen molar-refractivity contribution in [3.05, 3.63) is 40.3 Å². The molecular formula is C13H14N6S. The molecule has 1 aromatic carbocycles. The zero-order valence-electron chi connectivity index (χ0n) is 11.2. The molecule has 2 heterocycles. The van der Waals surface area contributed by atoms with Crippen LogP contribution in [0.25, 0.3) is 11.4 Å². The highest BCUT2D eigenvalue weighted by Gasteiger charge is 2.06. The molecule has 0 amide bonds. The minimum atomic E-state index is 0.752. The van der Waals surface area contributed by atoms with E-state index in [1.165, 1.54) is 4.88 Å². The monoisotopic (exact) mass is 286 g/mol. The fraction of sp³-hybridized carbons (Fsp3) is 0.231. The average Bonchev–Trinajstić information content (AvgIpc) is 3.05. The maximum Gasteiger partial charge on any atom is 0.181 e. The molecule has 0 aliphatic rings. The average molecular weight is 286 g/mol. The first-order valence-electron chi connectivity index (χ1n) is 6.20. The van der Waals surface area contributed by atoms with Crippen LogP contribution in [0, 0.1) is 6.92 Å². The number of hydrogen-bond acceptors (Lipinski definition) is 6. The summed E-state index contributed by atoms with van der Waals surface area (Å²) in [5, 5.41) is 16.0. The third kappa shape index (κ3) is 2.67. The van der Waals surface area contributed by atoms with Crippen molar-refractivity contribution in [3.8, 4) is 11.4 Å². The topological polar surface area (TPSA) is 68.5 Å². The Morgan fingerprint density at radius 2 is 2.25 bits per heavy atom. The minimum absolute atomic E-state index is 0.752. The molecule has 0 aliphatic heterocycles. The number of nitrogens with one attached hydrogen (secondary N) is 1. The zero-order chi connectivity index (χ0) is 13.9. The van der Waals surface area contributed by atoms with Crippen molar-refractivity contribution >= 4 is 17.0 Å². The van der Waals surface area contributed by atoms with Gasteiger partial charge in [0.2, 0.25) is 0 Å². The molecule has 0 aliphatic carbocycles. The summed E-state index contributed by atoms with van der Waals surface area (Å²) in [6.45, 7) is 2.78. The molecule has 0 unspecified atom stereocenters. The van der Waals surface area contributed by atoms with Gasteiger partial charge in [0.15, 0.2) is 5.82 Å². The van der Waals surface area contributed by atoms with Crippen molar-refractivity contribution in [1.29, 1.82) is 0 Å². The number of tetrazole rings is 1.